The first-order valence-electron chi connectivity index (χ1n) is 6.86. The van der Waals surface area contributed by atoms with Gasteiger partial charge in [-0.25, -0.2) is 13.1 Å². The Bertz CT molecular complexity index is 667. The molecule has 112 valence electrons. The van der Waals surface area contributed by atoms with E-state index in [2.05, 4.69) is 4.72 Å². The Labute approximate surface area is 126 Å². The number of aryl methyl sites for hydroxylation is 1. The second kappa shape index (κ2) is 6.85. The predicted molar refractivity (Wildman–Crippen MR) is 84.4 cm³/mol. The van der Waals surface area contributed by atoms with Gasteiger partial charge in [-0.1, -0.05) is 48.0 Å². The zero-order valence-electron chi connectivity index (χ0n) is 12.0. The van der Waals surface area contributed by atoms with Crippen molar-refractivity contribution in [1.29, 1.82) is 0 Å². The molecule has 0 fully saturated rings. The molecule has 0 aliphatic rings. The molecule has 0 radical (unpaired) electrons. The molecule has 2 aromatic carbocycles. The highest BCUT2D eigenvalue weighted by Gasteiger charge is 2.14. The van der Waals surface area contributed by atoms with E-state index in [-0.39, 0.29) is 10.9 Å². The summed E-state index contributed by atoms with van der Waals surface area (Å²) in [7, 11) is -3.46. The highest BCUT2D eigenvalue weighted by atomic mass is 32.2. The predicted octanol–water partition coefficient (Wildman–Crippen LogP) is 2.36. The van der Waals surface area contributed by atoms with E-state index in [1.807, 2.05) is 37.3 Å². The maximum Gasteiger partial charge on any atom is 0.240 e. The highest BCUT2D eigenvalue weighted by molar-refractivity contribution is 7.89. The third-order valence-electron chi connectivity index (χ3n) is 3.31. The average molecular weight is 304 g/mol. The lowest BCUT2D eigenvalue weighted by Crippen LogP contribution is -2.27. The summed E-state index contributed by atoms with van der Waals surface area (Å²) >= 11 is 0. The van der Waals surface area contributed by atoms with E-state index in [1.54, 1.807) is 24.3 Å². The summed E-state index contributed by atoms with van der Waals surface area (Å²) in [6, 6.07) is 16.3. The minimum absolute atomic E-state index is 0.174. The topological polar surface area (TPSA) is 72.2 Å². The molecule has 1 atom stereocenters. The van der Waals surface area contributed by atoms with Crippen molar-refractivity contribution >= 4 is 10.0 Å². The van der Waals surface area contributed by atoms with E-state index in [0.29, 0.717) is 13.0 Å². The van der Waals surface area contributed by atoms with E-state index in [9.17, 15) is 8.42 Å². The average Bonchev–Trinajstić information content (AvgIpc) is 2.48. The van der Waals surface area contributed by atoms with Gasteiger partial charge >= 0.3 is 0 Å². The summed E-state index contributed by atoms with van der Waals surface area (Å²) in [6.07, 6.45) is 0.551. The molecular weight excluding hydrogens is 284 g/mol. The van der Waals surface area contributed by atoms with Crippen molar-refractivity contribution in [3.8, 4) is 0 Å². The molecule has 0 saturated heterocycles. The summed E-state index contributed by atoms with van der Waals surface area (Å²) in [5.74, 6) is 0. The van der Waals surface area contributed by atoms with Crippen LogP contribution in [0.3, 0.4) is 0 Å². The summed E-state index contributed by atoms with van der Waals surface area (Å²) in [6.45, 7) is 2.23. The number of sulfonamides is 1. The van der Waals surface area contributed by atoms with Crippen molar-refractivity contribution in [3.05, 3.63) is 65.7 Å². The van der Waals surface area contributed by atoms with Crippen LogP contribution in [-0.2, 0) is 10.0 Å². The molecule has 5 heteroatoms. The maximum absolute atomic E-state index is 12.1. The quantitative estimate of drug-likeness (QED) is 0.860. The number of nitrogens with two attached hydrogens (primary N) is 1. The van der Waals surface area contributed by atoms with E-state index in [4.69, 9.17) is 5.73 Å². The molecule has 0 aliphatic heterocycles. The van der Waals surface area contributed by atoms with Gasteiger partial charge in [0.1, 0.15) is 0 Å². The first kappa shape index (κ1) is 15.7. The van der Waals surface area contributed by atoms with Crippen LogP contribution < -0.4 is 10.5 Å². The zero-order valence-corrected chi connectivity index (χ0v) is 12.8. The Balaban J connectivity index is 1.92. The molecule has 3 N–H and O–H groups in total. The van der Waals surface area contributed by atoms with E-state index < -0.39 is 10.0 Å². The van der Waals surface area contributed by atoms with Crippen LogP contribution in [0.15, 0.2) is 59.5 Å². The summed E-state index contributed by atoms with van der Waals surface area (Å²) in [5, 5.41) is 0. The van der Waals surface area contributed by atoms with Crippen molar-refractivity contribution < 1.29 is 8.42 Å². The molecule has 0 spiro atoms. The second-order valence-electron chi connectivity index (χ2n) is 5.02. The zero-order chi connectivity index (χ0) is 15.3. The monoisotopic (exact) mass is 304 g/mol. The van der Waals surface area contributed by atoms with Crippen LogP contribution in [0, 0.1) is 6.92 Å². The maximum atomic E-state index is 12.1. The fraction of sp³-hybridized carbons (Fsp3) is 0.250. The van der Waals surface area contributed by atoms with Crippen molar-refractivity contribution in [3.63, 3.8) is 0 Å². The summed E-state index contributed by atoms with van der Waals surface area (Å²) in [5.41, 5.74) is 8.08. The lowest BCUT2D eigenvalue weighted by atomic mass is 10.1. The van der Waals surface area contributed by atoms with Gasteiger partial charge in [0.2, 0.25) is 10.0 Å². The molecule has 4 nitrogen and oxygen atoms in total. The first-order valence-corrected chi connectivity index (χ1v) is 8.34. The van der Waals surface area contributed by atoms with Gasteiger partial charge in [-0.05, 0) is 31.0 Å². The molecule has 0 bridgehead atoms. The van der Waals surface area contributed by atoms with Crippen LogP contribution in [0.5, 0.6) is 0 Å². The van der Waals surface area contributed by atoms with Gasteiger partial charge in [0.25, 0.3) is 0 Å². The van der Waals surface area contributed by atoms with Crippen LogP contribution >= 0.6 is 0 Å². The lowest BCUT2D eigenvalue weighted by molar-refractivity contribution is 0.569. The Morgan fingerprint density at radius 1 is 1.05 bits per heavy atom. The van der Waals surface area contributed by atoms with Crippen LogP contribution in [-0.4, -0.2) is 15.0 Å². The third kappa shape index (κ3) is 4.39. The lowest BCUT2D eigenvalue weighted by Gasteiger charge is -2.13. The molecule has 1 unspecified atom stereocenters. The molecule has 2 aromatic rings. The number of hydrogen-bond donors (Lipinski definition) is 2. The van der Waals surface area contributed by atoms with Crippen LogP contribution in [0.2, 0.25) is 0 Å². The van der Waals surface area contributed by atoms with Crippen LogP contribution in [0.4, 0.5) is 0 Å². The van der Waals surface area contributed by atoms with E-state index in [1.165, 1.54) is 0 Å². The van der Waals surface area contributed by atoms with Crippen molar-refractivity contribution in [2.45, 2.75) is 24.3 Å². The Kier molecular flexibility index (Phi) is 5.12. The SMILES string of the molecule is Cc1ccc(S(=O)(=O)NCCC(N)c2ccccc2)cc1. The van der Waals surface area contributed by atoms with Crippen molar-refractivity contribution in [1.82, 2.24) is 4.72 Å². The smallest absolute Gasteiger partial charge is 0.240 e. The molecule has 0 heterocycles. The number of hydrogen-bond acceptors (Lipinski definition) is 3. The van der Waals surface area contributed by atoms with Gasteiger partial charge in [0, 0.05) is 12.6 Å². The second-order valence-corrected chi connectivity index (χ2v) is 6.78. The molecule has 0 saturated carbocycles. The Morgan fingerprint density at radius 2 is 1.67 bits per heavy atom. The minimum Gasteiger partial charge on any atom is -0.324 e. The summed E-state index contributed by atoms with van der Waals surface area (Å²) < 4.78 is 26.8. The van der Waals surface area contributed by atoms with Crippen LogP contribution in [0.25, 0.3) is 0 Å². The van der Waals surface area contributed by atoms with Gasteiger partial charge in [-0.2, -0.15) is 0 Å². The number of rotatable bonds is 6. The van der Waals surface area contributed by atoms with Gasteiger partial charge in [0.05, 0.1) is 4.90 Å². The fourth-order valence-corrected chi connectivity index (χ4v) is 3.06. The Hall–Kier alpha value is -1.69. The third-order valence-corrected chi connectivity index (χ3v) is 4.78. The molecule has 21 heavy (non-hydrogen) atoms. The normalized spacial score (nSPS) is 13.0. The minimum atomic E-state index is -3.46. The highest BCUT2D eigenvalue weighted by Crippen LogP contribution is 2.14. The number of nitrogens with one attached hydrogen (secondary N) is 1. The van der Waals surface area contributed by atoms with E-state index in [0.717, 1.165) is 11.1 Å². The largest absolute Gasteiger partial charge is 0.324 e. The molecule has 2 rings (SSSR count). The summed E-state index contributed by atoms with van der Waals surface area (Å²) in [4.78, 5) is 0.279. The fourth-order valence-electron chi connectivity index (χ4n) is 2.02. The standard InChI is InChI=1S/C16H20N2O2S/c1-13-7-9-15(10-8-13)21(19,20)18-12-11-16(17)14-5-3-2-4-6-14/h2-10,16,18H,11-12,17H2,1H3. The first-order chi connectivity index (χ1) is 9.99. The van der Waals surface area contributed by atoms with Crippen molar-refractivity contribution in [2.75, 3.05) is 6.54 Å². The molecule has 0 aliphatic carbocycles. The van der Waals surface area contributed by atoms with Gasteiger partial charge in [-0.3, -0.25) is 0 Å². The van der Waals surface area contributed by atoms with Gasteiger partial charge in [0.15, 0.2) is 0 Å². The van der Waals surface area contributed by atoms with Gasteiger partial charge < -0.3 is 5.73 Å². The van der Waals surface area contributed by atoms with Crippen molar-refractivity contribution in [2.24, 2.45) is 5.73 Å². The van der Waals surface area contributed by atoms with Crippen LogP contribution in [0.1, 0.15) is 23.6 Å². The molecule has 0 aromatic heterocycles. The molecule has 0 amide bonds. The Morgan fingerprint density at radius 3 is 2.29 bits per heavy atom. The van der Waals surface area contributed by atoms with Gasteiger partial charge in [-0.15, -0.1) is 0 Å². The molecular formula is C16H20N2O2S. The van der Waals surface area contributed by atoms with E-state index >= 15 is 0 Å². The number of benzene rings is 2.